The van der Waals surface area contributed by atoms with Crippen molar-refractivity contribution in [2.24, 2.45) is 0 Å². The summed E-state index contributed by atoms with van der Waals surface area (Å²) < 4.78 is 0. The van der Waals surface area contributed by atoms with Crippen LogP contribution in [0.3, 0.4) is 0 Å². The third kappa shape index (κ3) is 4.87. The molecule has 2 aromatic carbocycles. The van der Waals surface area contributed by atoms with E-state index in [9.17, 15) is 4.79 Å². The smallest absolute Gasteiger partial charge is 0.251 e. The van der Waals surface area contributed by atoms with Crippen LogP contribution in [0.25, 0.3) is 10.9 Å². The first-order valence-corrected chi connectivity index (χ1v) is 9.84. The zero-order valence-corrected chi connectivity index (χ0v) is 16.8. The Bertz CT molecular complexity index is 950. The molecule has 1 aromatic heterocycles. The predicted molar refractivity (Wildman–Crippen MR) is 116 cm³/mol. The lowest BCUT2D eigenvalue weighted by atomic mass is 10.1. The standard InChI is InChI=1S/C23H28N4O/c1-4-27(5-2)14-13-24-23(28)18-9-8-10-19(16-18)26-22-15-17(3)25-21-12-7-6-11-20(21)22/h6-12,15-16H,4-5,13-14H2,1-3H3,(H,24,28)(H,25,26). The number of nitrogens with zero attached hydrogens (tertiary/aromatic N) is 2. The Hall–Kier alpha value is -2.92. The van der Waals surface area contributed by atoms with Gasteiger partial charge in [-0.15, -0.1) is 0 Å². The molecule has 146 valence electrons. The molecule has 0 bridgehead atoms. The maximum atomic E-state index is 12.5. The van der Waals surface area contributed by atoms with Gasteiger partial charge in [0.05, 0.1) is 5.52 Å². The number of likely N-dealkylation sites (N-methyl/N-ethyl adjacent to an activating group) is 1. The van der Waals surface area contributed by atoms with Crippen LogP contribution in [-0.4, -0.2) is 42.0 Å². The number of aryl methyl sites for hydroxylation is 1. The topological polar surface area (TPSA) is 57.3 Å². The molecular weight excluding hydrogens is 348 g/mol. The van der Waals surface area contributed by atoms with Gasteiger partial charge in [-0.05, 0) is 50.3 Å². The maximum absolute atomic E-state index is 12.5. The number of amides is 1. The molecule has 1 amide bonds. The Morgan fingerprint density at radius 2 is 1.82 bits per heavy atom. The fourth-order valence-electron chi connectivity index (χ4n) is 3.27. The van der Waals surface area contributed by atoms with Crippen LogP contribution in [0.2, 0.25) is 0 Å². The van der Waals surface area contributed by atoms with Crippen molar-refractivity contribution < 1.29 is 4.79 Å². The lowest BCUT2D eigenvalue weighted by Gasteiger charge is -2.18. The van der Waals surface area contributed by atoms with Gasteiger partial charge in [-0.2, -0.15) is 0 Å². The van der Waals surface area contributed by atoms with Gasteiger partial charge in [0, 0.05) is 41.1 Å². The number of para-hydroxylation sites is 1. The van der Waals surface area contributed by atoms with Gasteiger partial charge in [-0.1, -0.05) is 38.1 Å². The molecule has 0 fully saturated rings. The summed E-state index contributed by atoms with van der Waals surface area (Å²) in [7, 11) is 0. The molecule has 0 radical (unpaired) electrons. The van der Waals surface area contributed by atoms with Crippen LogP contribution in [-0.2, 0) is 0 Å². The molecule has 0 saturated carbocycles. The van der Waals surface area contributed by atoms with Crippen LogP contribution < -0.4 is 10.6 Å². The average molecular weight is 377 g/mol. The number of fused-ring (bicyclic) bond motifs is 1. The van der Waals surface area contributed by atoms with Gasteiger partial charge in [0.1, 0.15) is 0 Å². The van der Waals surface area contributed by atoms with E-state index in [1.807, 2.05) is 61.5 Å². The van der Waals surface area contributed by atoms with E-state index in [0.717, 1.165) is 47.6 Å². The van der Waals surface area contributed by atoms with Crippen molar-refractivity contribution in [2.75, 3.05) is 31.5 Å². The zero-order valence-electron chi connectivity index (χ0n) is 16.8. The summed E-state index contributed by atoms with van der Waals surface area (Å²) in [5, 5.41) is 7.51. The monoisotopic (exact) mass is 376 g/mol. The highest BCUT2D eigenvalue weighted by atomic mass is 16.1. The van der Waals surface area contributed by atoms with Crippen LogP contribution in [0.4, 0.5) is 11.4 Å². The number of pyridine rings is 1. The van der Waals surface area contributed by atoms with Gasteiger partial charge in [-0.25, -0.2) is 0 Å². The maximum Gasteiger partial charge on any atom is 0.251 e. The van der Waals surface area contributed by atoms with E-state index >= 15 is 0 Å². The van der Waals surface area contributed by atoms with Gasteiger partial charge in [0.2, 0.25) is 0 Å². The van der Waals surface area contributed by atoms with Crippen molar-refractivity contribution in [3.8, 4) is 0 Å². The van der Waals surface area contributed by atoms with Crippen molar-refractivity contribution in [3.63, 3.8) is 0 Å². The first-order valence-electron chi connectivity index (χ1n) is 9.84. The molecule has 28 heavy (non-hydrogen) atoms. The Kier molecular flexibility index (Phi) is 6.61. The second-order valence-corrected chi connectivity index (χ2v) is 6.82. The van der Waals surface area contributed by atoms with Gasteiger partial charge in [0.25, 0.3) is 5.91 Å². The molecule has 0 saturated heterocycles. The van der Waals surface area contributed by atoms with Crippen LogP contribution in [0.15, 0.2) is 54.6 Å². The average Bonchev–Trinajstić information content (AvgIpc) is 2.71. The first-order chi connectivity index (χ1) is 13.6. The highest BCUT2D eigenvalue weighted by Gasteiger charge is 2.08. The quantitative estimate of drug-likeness (QED) is 0.613. The zero-order chi connectivity index (χ0) is 19.9. The summed E-state index contributed by atoms with van der Waals surface area (Å²) in [6.45, 7) is 9.73. The molecule has 0 aliphatic rings. The van der Waals surface area contributed by atoms with Gasteiger partial charge in [-0.3, -0.25) is 9.78 Å². The van der Waals surface area contributed by atoms with E-state index in [2.05, 4.69) is 34.4 Å². The van der Waals surface area contributed by atoms with Crippen molar-refractivity contribution in [3.05, 3.63) is 65.9 Å². The number of aromatic nitrogens is 1. The van der Waals surface area contributed by atoms with Crippen LogP contribution in [0.1, 0.15) is 29.9 Å². The molecule has 0 spiro atoms. The number of rotatable bonds is 8. The number of hydrogen-bond donors (Lipinski definition) is 2. The Balaban J connectivity index is 1.73. The molecule has 5 heteroatoms. The second-order valence-electron chi connectivity index (χ2n) is 6.82. The lowest BCUT2D eigenvalue weighted by Crippen LogP contribution is -2.34. The number of carbonyl (C=O) groups is 1. The predicted octanol–water partition coefficient (Wildman–Crippen LogP) is 4.36. The first kappa shape index (κ1) is 19.8. The Labute approximate surface area is 166 Å². The Morgan fingerprint density at radius 3 is 2.61 bits per heavy atom. The van der Waals surface area contributed by atoms with Crippen LogP contribution >= 0.6 is 0 Å². The fourth-order valence-corrected chi connectivity index (χ4v) is 3.27. The van der Waals surface area contributed by atoms with E-state index in [0.29, 0.717) is 12.1 Å². The molecule has 1 heterocycles. The summed E-state index contributed by atoms with van der Waals surface area (Å²) in [5.41, 5.74) is 4.43. The Morgan fingerprint density at radius 1 is 1.04 bits per heavy atom. The molecular formula is C23H28N4O. The number of benzene rings is 2. The highest BCUT2D eigenvalue weighted by Crippen LogP contribution is 2.26. The number of hydrogen-bond acceptors (Lipinski definition) is 4. The minimum Gasteiger partial charge on any atom is -0.355 e. The summed E-state index contributed by atoms with van der Waals surface area (Å²) in [6.07, 6.45) is 0. The van der Waals surface area contributed by atoms with E-state index in [4.69, 9.17) is 0 Å². The minimum absolute atomic E-state index is 0.0495. The minimum atomic E-state index is -0.0495. The van der Waals surface area contributed by atoms with E-state index < -0.39 is 0 Å². The number of nitrogens with one attached hydrogen (secondary N) is 2. The summed E-state index contributed by atoms with van der Waals surface area (Å²) in [4.78, 5) is 19.4. The fraction of sp³-hybridized carbons (Fsp3) is 0.304. The third-order valence-electron chi connectivity index (χ3n) is 4.86. The number of carbonyl (C=O) groups excluding carboxylic acids is 1. The van der Waals surface area contributed by atoms with Crippen molar-refractivity contribution in [1.29, 1.82) is 0 Å². The highest BCUT2D eigenvalue weighted by molar-refractivity contribution is 5.96. The molecule has 0 aliphatic heterocycles. The number of anilines is 2. The second kappa shape index (κ2) is 9.33. The van der Waals surface area contributed by atoms with Gasteiger partial charge >= 0.3 is 0 Å². The molecule has 0 atom stereocenters. The molecule has 2 N–H and O–H groups in total. The normalized spacial score (nSPS) is 11.0. The SMILES string of the molecule is CCN(CC)CCNC(=O)c1cccc(Nc2cc(C)nc3ccccc23)c1. The van der Waals surface area contributed by atoms with Crippen molar-refractivity contribution in [1.82, 2.24) is 15.2 Å². The van der Waals surface area contributed by atoms with Crippen LogP contribution in [0, 0.1) is 6.92 Å². The van der Waals surface area contributed by atoms with Crippen molar-refractivity contribution in [2.45, 2.75) is 20.8 Å². The molecule has 3 aromatic rings. The van der Waals surface area contributed by atoms with E-state index in [-0.39, 0.29) is 5.91 Å². The summed E-state index contributed by atoms with van der Waals surface area (Å²) >= 11 is 0. The van der Waals surface area contributed by atoms with E-state index in [1.54, 1.807) is 0 Å². The largest absolute Gasteiger partial charge is 0.355 e. The molecule has 5 nitrogen and oxygen atoms in total. The summed E-state index contributed by atoms with van der Waals surface area (Å²) in [6, 6.07) is 17.7. The molecule has 0 unspecified atom stereocenters. The lowest BCUT2D eigenvalue weighted by molar-refractivity contribution is 0.0949. The van der Waals surface area contributed by atoms with Gasteiger partial charge in [0.15, 0.2) is 0 Å². The van der Waals surface area contributed by atoms with Crippen LogP contribution in [0.5, 0.6) is 0 Å². The summed E-state index contributed by atoms with van der Waals surface area (Å²) in [5.74, 6) is -0.0495. The third-order valence-corrected chi connectivity index (χ3v) is 4.86. The molecule has 3 rings (SSSR count). The van der Waals surface area contributed by atoms with Crippen molar-refractivity contribution >= 4 is 28.2 Å². The molecule has 0 aliphatic carbocycles. The van der Waals surface area contributed by atoms with E-state index in [1.165, 1.54) is 0 Å². The van der Waals surface area contributed by atoms with Gasteiger partial charge < -0.3 is 15.5 Å².